The first-order valence-corrected chi connectivity index (χ1v) is 11.5. The molecule has 2 aromatic heterocycles. The van der Waals surface area contributed by atoms with E-state index in [-0.39, 0.29) is 12.5 Å². The van der Waals surface area contributed by atoms with Gasteiger partial charge >= 0.3 is 0 Å². The molecule has 1 saturated heterocycles. The number of aliphatic hydroxyl groups excluding tert-OH is 1. The van der Waals surface area contributed by atoms with Crippen molar-refractivity contribution in [3.05, 3.63) is 60.1 Å². The van der Waals surface area contributed by atoms with Crippen molar-refractivity contribution in [3.8, 4) is 17.2 Å². The van der Waals surface area contributed by atoms with Crippen molar-refractivity contribution in [2.75, 3.05) is 51.3 Å². The maximum Gasteiger partial charge on any atom is 0.103 e. The van der Waals surface area contributed by atoms with Crippen LogP contribution in [0.25, 0.3) is 22.2 Å². The number of benzene rings is 1. The summed E-state index contributed by atoms with van der Waals surface area (Å²) in [5.41, 5.74) is 11.9. The van der Waals surface area contributed by atoms with E-state index in [4.69, 9.17) is 5.73 Å². The van der Waals surface area contributed by atoms with E-state index in [0.29, 0.717) is 12.1 Å². The van der Waals surface area contributed by atoms with Crippen LogP contribution in [-0.4, -0.2) is 72.2 Å². The number of likely N-dealkylation sites (N-methyl/N-ethyl adjacent to an activating group) is 1. The lowest BCUT2D eigenvalue weighted by Gasteiger charge is -2.34. The van der Waals surface area contributed by atoms with E-state index in [1.807, 2.05) is 19.2 Å². The summed E-state index contributed by atoms with van der Waals surface area (Å²) in [6.07, 6.45) is 6.69. The number of nitrogens with two attached hydrogens (primary N) is 1. The van der Waals surface area contributed by atoms with E-state index in [9.17, 15) is 10.4 Å². The van der Waals surface area contributed by atoms with Gasteiger partial charge in [-0.2, -0.15) is 10.4 Å². The van der Waals surface area contributed by atoms with Gasteiger partial charge in [0.2, 0.25) is 0 Å². The number of aliphatic imine (C=N–C) groups is 1. The minimum absolute atomic E-state index is 0.0800. The van der Waals surface area contributed by atoms with Gasteiger partial charge in [0, 0.05) is 80.3 Å². The zero-order valence-corrected chi connectivity index (χ0v) is 19.7. The van der Waals surface area contributed by atoms with Gasteiger partial charge in [0.1, 0.15) is 6.07 Å². The second-order valence-electron chi connectivity index (χ2n) is 8.85. The van der Waals surface area contributed by atoms with Gasteiger partial charge in [-0.15, -0.1) is 0 Å². The van der Waals surface area contributed by atoms with Crippen molar-refractivity contribution in [2.45, 2.75) is 6.92 Å². The summed E-state index contributed by atoms with van der Waals surface area (Å²) in [7, 11) is 2.15. The number of aromatic nitrogens is 2. The van der Waals surface area contributed by atoms with Gasteiger partial charge in [0.25, 0.3) is 0 Å². The average Bonchev–Trinajstić information content (AvgIpc) is 3.29. The fourth-order valence-electron chi connectivity index (χ4n) is 4.10. The zero-order valence-electron chi connectivity index (χ0n) is 19.7. The second-order valence-corrected chi connectivity index (χ2v) is 8.85. The summed E-state index contributed by atoms with van der Waals surface area (Å²) < 4.78 is 1.73. The number of allylic oxidation sites excluding steroid dienone is 1. The summed E-state index contributed by atoms with van der Waals surface area (Å²) in [5.74, 6) is 0.0800. The normalized spacial score (nSPS) is 16.3. The minimum atomic E-state index is 0.0800. The Balaban J connectivity index is 1.71. The molecule has 34 heavy (non-hydrogen) atoms. The van der Waals surface area contributed by atoms with Gasteiger partial charge in [0.05, 0.1) is 17.3 Å². The molecular weight excluding hydrogens is 426 g/mol. The highest BCUT2D eigenvalue weighted by Gasteiger charge is 2.17. The predicted octanol–water partition coefficient (Wildman–Crippen LogP) is 2.62. The summed E-state index contributed by atoms with van der Waals surface area (Å²) in [6, 6.07) is 12.8. The summed E-state index contributed by atoms with van der Waals surface area (Å²) in [6.45, 7) is 6.66. The van der Waals surface area contributed by atoms with Crippen molar-refractivity contribution < 1.29 is 5.11 Å². The molecule has 1 unspecified atom stereocenters. The van der Waals surface area contributed by atoms with Crippen LogP contribution >= 0.6 is 0 Å². The molecule has 8 heteroatoms. The van der Waals surface area contributed by atoms with Crippen LogP contribution in [0.2, 0.25) is 0 Å². The van der Waals surface area contributed by atoms with Gasteiger partial charge in [-0.25, -0.2) is 4.52 Å². The number of hydrogen-bond donors (Lipinski definition) is 2. The molecule has 1 aliphatic rings. The van der Waals surface area contributed by atoms with Crippen LogP contribution in [0.3, 0.4) is 0 Å². The highest BCUT2D eigenvalue weighted by Crippen LogP contribution is 2.31. The Morgan fingerprint density at radius 2 is 2.00 bits per heavy atom. The Kier molecular flexibility index (Phi) is 7.26. The summed E-state index contributed by atoms with van der Waals surface area (Å²) in [4.78, 5) is 9.17. The van der Waals surface area contributed by atoms with Crippen LogP contribution < -0.4 is 10.6 Å². The molecule has 0 bridgehead atoms. The molecular formula is C26H31N7O. The molecule has 0 saturated carbocycles. The molecule has 0 aliphatic carbocycles. The SMILES string of the molecule is CC(CO)CN=CC(=CN)c1cc(-c2ccc(N3CCN(C)CC3)cc2)c2c(C#N)cnn2c1. The topological polar surface area (TPSA) is 106 Å². The third kappa shape index (κ3) is 4.96. The number of piperazine rings is 1. The van der Waals surface area contributed by atoms with Crippen LogP contribution in [0, 0.1) is 17.2 Å². The highest BCUT2D eigenvalue weighted by atomic mass is 16.3. The largest absolute Gasteiger partial charge is 0.404 e. The van der Waals surface area contributed by atoms with E-state index in [1.165, 1.54) is 11.9 Å². The van der Waals surface area contributed by atoms with E-state index in [2.05, 4.69) is 57.3 Å². The predicted molar refractivity (Wildman–Crippen MR) is 137 cm³/mol. The van der Waals surface area contributed by atoms with Crippen molar-refractivity contribution in [1.29, 1.82) is 5.26 Å². The number of nitriles is 1. The Bertz CT molecular complexity index is 1230. The molecule has 1 aliphatic heterocycles. The fourth-order valence-corrected chi connectivity index (χ4v) is 4.10. The molecule has 0 amide bonds. The van der Waals surface area contributed by atoms with Gasteiger partial charge in [0.15, 0.2) is 0 Å². The second kappa shape index (κ2) is 10.5. The molecule has 8 nitrogen and oxygen atoms in total. The molecule has 3 N–H and O–H groups in total. The molecule has 1 fully saturated rings. The number of pyridine rings is 1. The van der Waals surface area contributed by atoms with Crippen LogP contribution in [0.4, 0.5) is 5.69 Å². The van der Waals surface area contributed by atoms with Gasteiger partial charge in [-0.05, 0) is 36.7 Å². The quantitative estimate of drug-likeness (QED) is 0.529. The zero-order chi connectivity index (χ0) is 24.1. The van der Waals surface area contributed by atoms with Crippen LogP contribution in [0.15, 0.2) is 53.9 Å². The van der Waals surface area contributed by atoms with Gasteiger partial charge in [-0.3, -0.25) is 4.99 Å². The Hall–Kier alpha value is -3.67. The van der Waals surface area contributed by atoms with Crippen molar-refractivity contribution in [1.82, 2.24) is 14.5 Å². The number of nitrogens with zero attached hydrogens (tertiary/aromatic N) is 6. The van der Waals surface area contributed by atoms with Crippen molar-refractivity contribution >= 4 is 23.0 Å². The first-order chi connectivity index (χ1) is 16.5. The Morgan fingerprint density at radius 3 is 2.65 bits per heavy atom. The fraction of sp³-hybridized carbons (Fsp3) is 0.346. The van der Waals surface area contributed by atoms with E-state index < -0.39 is 0 Å². The molecule has 4 rings (SSSR count). The number of fused-ring (bicyclic) bond motifs is 1. The smallest absolute Gasteiger partial charge is 0.103 e. The molecule has 1 atom stereocenters. The van der Waals surface area contributed by atoms with Crippen LogP contribution in [0.5, 0.6) is 0 Å². The third-order valence-corrected chi connectivity index (χ3v) is 6.25. The number of aliphatic hydroxyl groups is 1. The van der Waals surface area contributed by atoms with Gasteiger partial charge < -0.3 is 20.6 Å². The van der Waals surface area contributed by atoms with Crippen LogP contribution in [-0.2, 0) is 0 Å². The highest BCUT2D eigenvalue weighted by molar-refractivity contribution is 6.10. The maximum atomic E-state index is 9.66. The molecule has 1 aromatic carbocycles. The first kappa shape index (κ1) is 23.5. The van der Waals surface area contributed by atoms with E-state index in [0.717, 1.165) is 54.0 Å². The summed E-state index contributed by atoms with van der Waals surface area (Å²) >= 11 is 0. The molecule has 3 heterocycles. The van der Waals surface area contributed by atoms with Crippen molar-refractivity contribution in [3.63, 3.8) is 0 Å². The maximum absolute atomic E-state index is 9.66. The van der Waals surface area contributed by atoms with Crippen LogP contribution in [0.1, 0.15) is 18.1 Å². The number of rotatable bonds is 7. The third-order valence-electron chi connectivity index (χ3n) is 6.25. The summed E-state index contributed by atoms with van der Waals surface area (Å²) in [5, 5.41) is 23.3. The lowest BCUT2D eigenvalue weighted by atomic mass is 9.99. The van der Waals surface area contributed by atoms with E-state index >= 15 is 0 Å². The molecule has 176 valence electrons. The van der Waals surface area contributed by atoms with Gasteiger partial charge in [-0.1, -0.05) is 19.1 Å². The van der Waals surface area contributed by atoms with Crippen molar-refractivity contribution in [2.24, 2.45) is 16.6 Å². The Labute approximate surface area is 200 Å². The first-order valence-electron chi connectivity index (χ1n) is 11.5. The lowest BCUT2D eigenvalue weighted by molar-refractivity contribution is 0.242. The standard InChI is InChI=1S/C26H31N7O/c1-19(18-34)14-29-15-22(12-27)21-11-25(26-23(13-28)16-30-33(26)17-21)20-3-5-24(6-4-20)32-9-7-31(2)8-10-32/h3-6,11-12,15-17,19,34H,7-10,14,18,27H2,1-2H3. The Morgan fingerprint density at radius 1 is 1.26 bits per heavy atom. The lowest BCUT2D eigenvalue weighted by Crippen LogP contribution is -2.44. The van der Waals surface area contributed by atoms with E-state index in [1.54, 1.807) is 16.9 Å². The minimum Gasteiger partial charge on any atom is -0.404 e. The number of anilines is 1. The molecule has 0 radical (unpaired) electrons. The number of hydrogen-bond acceptors (Lipinski definition) is 7. The molecule has 3 aromatic rings. The monoisotopic (exact) mass is 457 g/mol. The average molecular weight is 458 g/mol. The molecule has 0 spiro atoms.